The third kappa shape index (κ3) is 6.70. The summed E-state index contributed by atoms with van der Waals surface area (Å²) < 4.78 is 12.8. The van der Waals surface area contributed by atoms with E-state index in [0.29, 0.717) is 11.1 Å². The van der Waals surface area contributed by atoms with Gasteiger partial charge in [-0.2, -0.15) is 0 Å². The molecule has 0 fully saturated rings. The van der Waals surface area contributed by atoms with Gasteiger partial charge in [-0.1, -0.05) is 55.1 Å². The van der Waals surface area contributed by atoms with Gasteiger partial charge in [0.25, 0.3) is 0 Å². The largest absolute Gasteiger partial charge is 0.478 e. The highest BCUT2D eigenvalue weighted by Gasteiger charge is 2.08. The van der Waals surface area contributed by atoms with Crippen molar-refractivity contribution < 1.29 is 19.1 Å². The van der Waals surface area contributed by atoms with E-state index in [2.05, 4.69) is 6.58 Å². The van der Waals surface area contributed by atoms with Crippen molar-refractivity contribution in [2.45, 2.75) is 6.92 Å². The summed E-state index contributed by atoms with van der Waals surface area (Å²) in [6, 6.07) is 21.6. The molecule has 0 amide bonds. The SMILES string of the molecule is C/C(=C\c1ccc(C(=O)O)cc1)C(=O)c1ccc(F)cc1.C=Cc1ccccc1. The minimum atomic E-state index is -0.996. The molecule has 0 aliphatic rings. The lowest BCUT2D eigenvalue weighted by Crippen LogP contribution is -2.00. The molecule has 0 saturated heterocycles. The Hall–Kier alpha value is -3.79. The standard InChI is InChI=1S/C17H13FO3.C8H8/c1-11(16(19)13-6-8-15(18)9-7-13)10-12-2-4-14(5-3-12)17(20)21;1-2-8-6-4-3-5-7-8/h2-10H,1H3,(H,20,21);2-7H,1H2/b11-10+;. The zero-order chi connectivity index (χ0) is 21.2. The van der Waals surface area contributed by atoms with Gasteiger partial charge in [-0.05, 0) is 66.1 Å². The Morgan fingerprint density at radius 3 is 1.86 bits per heavy atom. The molecular formula is C25H21FO3. The Balaban J connectivity index is 0.000000313. The van der Waals surface area contributed by atoms with Gasteiger partial charge in [0.2, 0.25) is 0 Å². The molecule has 3 aromatic carbocycles. The maximum absolute atomic E-state index is 12.8. The monoisotopic (exact) mass is 388 g/mol. The van der Waals surface area contributed by atoms with E-state index in [1.165, 1.54) is 42.0 Å². The number of rotatable bonds is 5. The number of ketones is 1. The molecule has 0 aliphatic heterocycles. The van der Waals surface area contributed by atoms with Crippen molar-refractivity contribution in [1.29, 1.82) is 0 Å². The van der Waals surface area contributed by atoms with Crippen molar-refractivity contribution in [3.05, 3.63) is 119 Å². The van der Waals surface area contributed by atoms with Gasteiger partial charge in [-0.15, -0.1) is 0 Å². The molecule has 0 radical (unpaired) electrons. The predicted octanol–water partition coefficient (Wildman–Crippen LogP) is 6.14. The Labute approximate surface area is 169 Å². The number of carbonyl (C=O) groups excluding carboxylic acids is 1. The van der Waals surface area contributed by atoms with Gasteiger partial charge >= 0.3 is 5.97 Å². The van der Waals surface area contributed by atoms with Gasteiger partial charge in [0.15, 0.2) is 5.78 Å². The van der Waals surface area contributed by atoms with Crippen LogP contribution in [0.5, 0.6) is 0 Å². The lowest BCUT2D eigenvalue weighted by molar-refractivity contribution is 0.0696. The molecule has 29 heavy (non-hydrogen) atoms. The second kappa shape index (κ2) is 10.5. The number of carbonyl (C=O) groups is 2. The molecule has 0 saturated carbocycles. The van der Waals surface area contributed by atoms with E-state index < -0.39 is 11.8 Å². The summed E-state index contributed by atoms with van der Waals surface area (Å²) in [6.07, 6.45) is 3.50. The molecule has 3 aromatic rings. The van der Waals surface area contributed by atoms with Crippen LogP contribution in [0.15, 0.2) is 91.0 Å². The normalized spacial score (nSPS) is 10.5. The van der Waals surface area contributed by atoms with E-state index >= 15 is 0 Å². The Morgan fingerprint density at radius 1 is 0.828 bits per heavy atom. The molecule has 3 nitrogen and oxygen atoms in total. The number of aromatic carboxylic acids is 1. The number of benzene rings is 3. The van der Waals surface area contributed by atoms with Crippen LogP contribution in [0.4, 0.5) is 4.39 Å². The summed E-state index contributed by atoms with van der Waals surface area (Å²) in [5.41, 5.74) is 2.99. The van der Waals surface area contributed by atoms with Crippen molar-refractivity contribution in [3.8, 4) is 0 Å². The number of hydrogen-bond acceptors (Lipinski definition) is 2. The lowest BCUT2D eigenvalue weighted by atomic mass is 10.0. The third-order valence-corrected chi connectivity index (χ3v) is 4.04. The van der Waals surface area contributed by atoms with Gasteiger partial charge < -0.3 is 5.11 Å². The average Bonchev–Trinajstić information content (AvgIpc) is 2.75. The summed E-state index contributed by atoms with van der Waals surface area (Å²) >= 11 is 0. The van der Waals surface area contributed by atoms with Crippen molar-refractivity contribution in [2.75, 3.05) is 0 Å². The summed E-state index contributed by atoms with van der Waals surface area (Å²) in [6.45, 7) is 5.29. The van der Waals surface area contributed by atoms with E-state index in [9.17, 15) is 14.0 Å². The molecule has 0 heterocycles. The van der Waals surface area contributed by atoms with Gasteiger partial charge in [-0.25, -0.2) is 9.18 Å². The summed E-state index contributed by atoms with van der Waals surface area (Å²) in [5.74, 6) is -1.58. The number of allylic oxidation sites excluding steroid dienone is 1. The van der Waals surface area contributed by atoms with Crippen LogP contribution in [0.3, 0.4) is 0 Å². The first-order valence-electron chi connectivity index (χ1n) is 8.90. The van der Waals surface area contributed by atoms with E-state index in [1.807, 2.05) is 36.4 Å². The van der Waals surface area contributed by atoms with Crippen LogP contribution in [0, 0.1) is 5.82 Å². The van der Waals surface area contributed by atoms with E-state index in [0.717, 1.165) is 5.56 Å². The first-order chi connectivity index (χ1) is 13.9. The van der Waals surface area contributed by atoms with Crippen molar-refractivity contribution >= 4 is 23.9 Å². The zero-order valence-corrected chi connectivity index (χ0v) is 16.0. The smallest absolute Gasteiger partial charge is 0.335 e. The first kappa shape index (κ1) is 21.5. The number of hydrogen-bond donors (Lipinski definition) is 1. The van der Waals surface area contributed by atoms with Crippen LogP contribution in [-0.2, 0) is 0 Å². The lowest BCUT2D eigenvalue weighted by Gasteiger charge is -2.02. The maximum Gasteiger partial charge on any atom is 0.335 e. The molecule has 0 bridgehead atoms. The Kier molecular flexibility index (Phi) is 7.80. The van der Waals surface area contributed by atoms with Crippen LogP contribution in [0.1, 0.15) is 38.8 Å². The second-order valence-corrected chi connectivity index (χ2v) is 6.21. The molecule has 1 N–H and O–H groups in total. The summed E-state index contributed by atoms with van der Waals surface area (Å²) in [5, 5.41) is 8.82. The average molecular weight is 388 g/mol. The number of Topliss-reactive ketones (excluding diaryl/α,β-unsaturated/α-hetero) is 1. The summed E-state index contributed by atoms with van der Waals surface area (Å²) in [7, 11) is 0. The van der Waals surface area contributed by atoms with E-state index in [1.54, 1.807) is 25.1 Å². The molecule has 0 aliphatic carbocycles. The van der Waals surface area contributed by atoms with Gasteiger partial charge in [0.1, 0.15) is 5.82 Å². The van der Waals surface area contributed by atoms with Gasteiger partial charge in [0, 0.05) is 5.56 Å². The highest BCUT2D eigenvalue weighted by Crippen LogP contribution is 2.14. The molecule has 0 aromatic heterocycles. The molecule has 3 rings (SSSR count). The fraction of sp³-hybridized carbons (Fsp3) is 0.0400. The highest BCUT2D eigenvalue weighted by molar-refractivity contribution is 6.10. The fourth-order valence-corrected chi connectivity index (χ4v) is 2.46. The van der Waals surface area contributed by atoms with Crippen molar-refractivity contribution in [3.63, 3.8) is 0 Å². The third-order valence-electron chi connectivity index (χ3n) is 4.04. The number of halogens is 1. The van der Waals surface area contributed by atoms with Crippen LogP contribution in [0.2, 0.25) is 0 Å². The van der Waals surface area contributed by atoms with Crippen LogP contribution >= 0.6 is 0 Å². The van der Waals surface area contributed by atoms with Crippen LogP contribution in [-0.4, -0.2) is 16.9 Å². The molecule has 0 spiro atoms. The minimum absolute atomic E-state index is 0.190. The van der Waals surface area contributed by atoms with Crippen molar-refractivity contribution in [2.24, 2.45) is 0 Å². The van der Waals surface area contributed by atoms with Gasteiger partial charge in [0.05, 0.1) is 5.56 Å². The Bertz CT molecular complexity index is 1000. The topological polar surface area (TPSA) is 54.4 Å². The second-order valence-electron chi connectivity index (χ2n) is 6.21. The molecule has 146 valence electrons. The van der Waals surface area contributed by atoms with Gasteiger partial charge in [-0.3, -0.25) is 4.79 Å². The number of carboxylic acids is 1. The minimum Gasteiger partial charge on any atom is -0.478 e. The predicted molar refractivity (Wildman–Crippen MR) is 114 cm³/mol. The van der Waals surface area contributed by atoms with Crippen LogP contribution in [0.25, 0.3) is 12.2 Å². The quantitative estimate of drug-likeness (QED) is 0.422. The van der Waals surface area contributed by atoms with Crippen molar-refractivity contribution in [1.82, 2.24) is 0 Å². The molecule has 0 unspecified atom stereocenters. The Morgan fingerprint density at radius 2 is 1.38 bits per heavy atom. The van der Waals surface area contributed by atoms with E-state index in [-0.39, 0.29) is 11.3 Å². The van der Waals surface area contributed by atoms with Crippen LogP contribution < -0.4 is 0 Å². The molecule has 4 heteroatoms. The zero-order valence-electron chi connectivity index (χ0n) is 16.0. The summed E-state index contributed by atoms with van der Waals surface area (Å²) in [4.78, 5) is 22.9. The maximum atomic E-state index is 12.8. The first-order valence-corrected chi connectivity index (χ1v) is 8.90. The fourth-order valence-electron chi connectivity index (χ4n) is 2.46. The highest BCUT2D eigenvalue weighted by atomic mass is 19.1. The van der Waals surface area contributed by atoms with E-state index in [4.69, 9.17) is 5.11 Å². The molecule has 0 atom stereocenters. The number of carboxylic acid groups (broad SMARTS) is 1. The molecular weight excluding hydrogens is 367 g/mol.